The molecule has 134 valence electrons. The van der Waals surface area contributed by atoms with Crippen LogP contribution in [0.5, 0.6) is 0 Å². The first-order chi connectivity index (χ1) is 12.8. The fourth-order valence-corrected chi connectivity index (χ4v) is 4.21. The standard InChI is InChI=1S/C20H22N4OS/c25-18(24-12-5-1-2-6-13-24)14-26-20-15(8-7-11-21-20)19-22-16-9-3-4-10-17(16)23-19/h3-4,7-11H,1-2,5-6,12-14H2,(H,22,23). The zero-order valence-corrected chi connectivity index (χ0v) is 15.5. The highest BCUT2D eigenvalue weighted by Gasteiger charge is 2.17. The average molecular weight is 366 g/mol. The van der Waals surface area contributed by atoms with E-state index in [9.17, 15) is 4.79 Å². The Balaban J connectivity index is 1.51. The first kappa shape index (κ1) is 17.1. The van der Waals surface area contributed by atoms with E-state index in [-0.39, 0.29) is 5.91 Å². The van der Waals surface area contributed by atoms with Crippen molar-refractivity contribution in [3.05, 3.63) is 42.6 Å². The monoisotopic (exact) mass is 366 g/mol. The average Bonchev–Trinajstić information content (AvgIpc) is 2.92. The summed E-state index contributed by atoms with van der Waals surface area (Å²) in [4.78, 5) is 27.1. The van der Waals surface area contributed by atoms with Crippen LogP contribution in [0.15, 0.2) is 47.6 Å². The van der Waals surface area contributed by atoms with E-state index in [1.165, 1.54) is 24.6 Å². The normalized spacial score (nSPS) is 15.2. The molecule has 1 fully saturated rings. The number of carbonyl (C=O) groups excluding carboxylic acids is 1. The predicted molar refractivity (Wildman–Crippen MR) is 105 cm³/mol. The maximum Gasteiger partial charge on any atom is 0.232 e. The van der Waals surface area contributed by atoms with Crippen molar-refractivity contribution in [2.75, 3.05) is 18.8 Å². The molecule has 1 saturated heterocycles. The van der Waals surface area contributed by atoms with Crippen molar-refractivity contribution in [1.82, 2.24) is 19.9 Å². The maximum atomic E-state index is 12.6. The Morgan fingerprint density at radius 3 is 2.69 bits per heavy atom. The first-order valence-electron chi connectivity index (χ1n) is 9.12. The maximum absolute atomic E-state index is 12.6. The number of benzene rings is 1. The zero-order chi connectivity index (χ0) is 17.8. The molecule has 1 N–H and O–H groups in total. The number of amides is 1. The molecule has 26 heavy (non-hydrogen) atoms. The largest absolute Gasteiger partial charge is 0.342 e. The van der Waals surface area contributed by atoms with Gasteiger partial charge in [0.25, 0.3) is 0 Å². The molecule has 0 saturated carbocycles. The molecule has 1 amide bonds. The van der Waals surface area contributed by atoms with E-state index in [2.05, 4.69) is 15.0 Å². The minimum atomic E-state index is 0.207. The van der Waals surface area contributed by atoms with E-state index < -0.39 is 0 Å². The number of aromatic amines is 1. The SMILES string of the molecule is O=C(CSc1ncccc1-c1nc2ccccc2[nH]1)N1CCCCCC1. The molecule has 1 aromatic carbocycles. The molecule has 5 nitrogen and oxygen atoms in total. The van der Waals surface area contributed by atoms with Crippen molar-refractivity contribution in [2.24, 2.45) is 0 Å². The van der Waals surface area contributed by atoms with Gasteiger partial charge in [-0.1, -0.05) is 36.7 Å². The molecule has 0 aliphatic carbocycles. The zero-order valence-electron chi connectivity index (χ0n) is 14.6. The number of nitrogens with zero attached hydrogens (tertiary/aromatic N) is 3. The van der Waals surface area contributed by atoms with Crippen LogP contribution in [0, 0.1) is 0 Å². The van der Waals surface area contributed by atoms with Crippen LogP contribution >= 0.6 is 11.8 Å². The third-order valence-electron chi connectivity index (χ3n) is 4.71. The van der Waals surface area contributed by atoms with Gasteiger partial charge in [0, 0.05) is 24.8 Å². The summed E-state index contributed by atoms with van der Waals surface area (Å²) in [5.74, 6) is 1.42. The molecule has 1 aliphatic rings. The van der Waals surface area contributed by atoms with E-state index in [4.69, 9.17) is 0 Å². The summed E-state index contributed by atoms with van der Waals surface area (Å²) in [5, 5.41) is 0.842. The van der Waals surface area contributed by atoms with Crippen molar-refractivity contribution in [1.29, 1.82) is 0 Å². The number of hydrogen-bond acceptors (Lipinski definition) is 4. The van der Waals surface area contributed by atoms with E-state index in [0.29, 0.717) is 5.75 Å². The second-order valence-corrected chi connectivity index (χ2v) is 7.51. The molecule has 0 bridgehead atoms. The summed E-state index contributed by atoms with van der Waals surface area (Å²) >= 11 is 1.50. The quantitative estimate of drug-likeness (QED) is 0.706. The number of rotatable bonds is 4. The molecule has 3 heterocycles. The van der Waals surface area contributed by atoms with Gasteiger partial charge in [0.1, 0.15) is 10.9 Å². The molecular formula is C20H22N4OS. The molecule has 2 aromatic heterocycles. The van der Waals surface area contributed by atoms with Gasteiger partial charge in [-0.3, -0.25) is 4.79 Å². The summed E-state index contributed by atoms with van der Waals surface area (Å²) < 4.78 is 0. The second-order valence-electron chi connectivity index (χ2n) is 6.54. The molecule has 0 spiro atoms. The smallest absolute Gasteiger partial charge is 0.232 e. The Morgan fingerprint density at radius 1 is 1.08 bits per heavy atom. The minimum absolute atomic E-state index is 0.207. The van der Waals surface area contributed by atoms with Crippen molar-refractivity contribution >= 4 is 28.7 Å². The lowest BCUT2D eigenvalue weighted by Crippen LogP contribution is -2.33. The minimum Gasteiger partial charge on any atom is -0.342 e. The summed E-state index contributed by atoms with van der Waals surface area (Å²) in [5.41, 5.74) is 2.88. The van der Waals surface area contributed by atoms with Crippen LogP contribution in [-0.4, -0.2) is 44.6 Å². The topological polar surface area (TPSA) is 61.9 Å². The van der Waals surface area contributed by atoms with Gasteiger partial charge in [-0.25, -0.2) is 9.97 Å². The van der Waals surface area contributed by atoms with Gasteiger partial charge >= 0.3 is 0 Å². The number of fused-ring (bicyclic) bond motifs is 1. The Morgan fingerprint density at radius 2 is 1.88 bits per heavy atom. The Labute approximate surface area is 157 Å². The molecule has 3 aromatic rings. The third-order valence-corrected chi connectivity index (χ3v) is 5.70. The summed E-state index contributed by atoms with van der Waals surface area (Å²) in [6.45, 7) is 1.77. The van der Waals surface area contributed by atoms with Crippen molar-refractivity contribution in [3.8, 4) is 11.4 Å². The number of para-hydroxylation sites is 2. The van der Waals surface area contributed by atoms with Crippen LogP contribution in [0.2, 0.25) is 0 Å². The van der Waals surface area contributed by atoms with Gasteiger partial charge < -0.3 is 9.88 Å². The molecular weight excluding hydrogens is 344 g/mol. The van der Waals surface area contributed by atoms with E-state index >= 15 is 0 Å². The number of nitrogens with one attached hydrogen (secondary N) is 1. The lowest BCUT2D eigenvalue weighted by atomic mass is 10.2. The molecule has 0 atom stereocenters. The van der Waals surface area contributed by atoms with Crippen LogP contribution < -0.4 is 0 Å². The van der Waals surface area contributed by atoms with Gasteiger partial charge in [0.05, 0.1) is 16.8 Å². The van der Waals surface area contributed by atoms with Crippen LogP contribution in [-0.2, 0) is 4.79 Å². The van der Waals surface area contributed by atoms with Crippen molar-refractivity contribution < 1.29 is 4.79 Å². The third kappa shape index (κ3) is 3.75. The highest BCUT2D eigenvalue weighted by atomic mass is 32.2. The molecule has 6 heteroatoms. The number of hydrogen-bond donors (Lipinski definition) is 1. The van der Waals surface area contributed by atoms with E-state index in [0.717, 1.165) is 53.4 Å². The molecule has 0 unspecified atom stereocenters. The first-order valence-corrected chi connectivity index (χ1v) is 10.1. The fourth-order valence-electron chi connectivity index (χ4n) is 3.31. The van der Waals surface area contributed by atoms with Gasteiger partial charge in [-0.15, -0.1) is 0 Å². The number of H-pyrrole nitrogens is 1. The Hall–Kier alpha value is -2.34. The lowest BCUT2D eigenvalue weighted by molar-refractivity contribution is -0.128. The fraction of sp³-hybridized carbons (Fsp3) is 0.350. The molecule has 4 rings (SSSR count). The Bertz CT molecular complexity index is 866. The lowest BCUT2D eigenvalue weighted by Gasteiger charge is -2.20. The highest BCUT2D eigenvalue weighted by Crippen LogP contribution is 2.29. The van der Waals surface area contributed by atoms with Crippen LogP contribution in [0.3, 0.4) is 0 Å². The van der Waals surface area contributed by atoms with Crippen LogP contribution in [0.1, 0.15) is 25.7 Å². The number of likely N-dealkylation sites (tertiary alicyclic amines) is 1. The summed E-state index contributed by atoms with van der Waals surface area (Å²) in [6, 6.07) is 11.9. The van der Waals surface area contributed by atoms with Gasteiger partial charge in [0.2, 0.25) is 5.91 Å². The van der Waals surface area contributed by atoms with E-state index in [1.807, 2.05) is 41.3 Å². The van der Waals surface area contributed by atoms with Gasteiger partial charge in [-0.2, -0.15) is 0 Å². The second kappa shape index (κ2) is 7.91. The molecule has 0 radical (unpaired) electrons. The number of pyridine rings is 1. The number of carbonyl (C=O) groups is 1. The molecule has 1 aliphatic heterocycles. The van der Waals surface area contributed by atoms with E-state index in [1.54, 1.807) is 6.20 Å². The summed E-state index contributed by atoms with van der Waals surface area (Å²) in [6.07, 6.45) is 6.46. The summed E-state index contributed by atoms with van der Waals surface area (Å²) in [7, 11) is 0. The number of imidazole rings is 1. The van der Waals surface area contributed by atoms with Crippen molar-refractivity contribution in [2.45, 2.75) is 30.7 Å². The van der Waals surface area contributed by atoms with Gasteiger partial charge in [0.15, 0.2) is 0 Å². The predicted octanol–water partition coefficient (Wildman–Crippen LogP) is 4.12. The Kier molecular flexibility index (Phi) is 5.20. The van der Waals surface area contributed by atoms with Gasteiger partial charge in [-0.05, 0) is 37.1 Å². The van der Waals surface area contributed by atoms with Crippen LogP contribution in [0.4, 0.5) is 0 Å². The number of aromatic nitrogens is 3. The number of thioether (sulfide) groups is 1. The van der Waals surface area contributed by atoms with Crippen LogP contribution in [0.25, 0.3) is 22.4 Å². The highest BCUT2D eigenvalue weighted by molar-refractivity contribution is 8.00. The van der Waals surface area contributed by atoms with Crippen molar-refractivity contribution in [3.63, 3.8) is 0 Å².